The van der Waals surface area contributed by atoms with Crippen LogP contribution in [0.15, 0.2) is 36.4 Å². The second-order valence-electron chi connectivity index (χ2n) is 4.23. The van der Waals surface area contributed by atoms with Crippen molar-refractivity contribution in [1.82, 2.24) is 0 Å². The lowest BCUT2D eigenvalue weighted by atomic mass is 10.00. The molecule has 0 aromatic heterocycles. The third kappa shape index (κ3) is 3.61. The first-order valence-corrected chi connectivity index (χ1v) is 6.75. The van der Waals surface area contributed by atoms with Gasteiger partial charge in [-0.15, -0.1) is 0 Å². The van der Waals surface area contributed by atoms with E-state index in [4.69, 9.17) is 40.5 Å². The van der Waals surface area contributed by atoms with Gasteiger partial charge in [0.15, 0.2) is 0 Å². The average molecular weight is 319 g/mol. The van der Waals surface area contributed by atoms with Crippen LogP contribution in [0, 0.1) is 5.82 Å². The molecule has 2 aromatic carbocycles. The molecule has 1 nitrogen and oxygen atoms in total. The summed E-state index contributed by atoms with van der Waals surface area (Å²) in [6, 6.07) is 9.56. The van der Waals surface area contributed by atoms with Crippen LogP contribution in [-0.2, 0) is 6.42 Å². The molecule has 1 unspecified atom stereocenters. The summed E-state index contributed by atoms with van der Waals surface area (Å²) < 4.78 is 13.4. The standard InChI is InChI=1S/C14H11Cl3FN/c15-10-3-1-8(5-12(10)17)6-14(19)9-2-4-11(16)13(18)7-9/h1-5,7,14H,6,19H2. The van der Waals surface area contributed by atoms with E-state index in [1.165, 1.54) is 12.1 Å². The summed E-state index contributed by atoms with van der Waals surface area (Å²) in [5, 5.41) is 1.07. The molecule has 0 radical (unpaired) electrons. The first-order chi connectivity index (χ1) is 8.97. The molecule has 2 aromatic rings. The Balaban J connectivity index is 2.17. The van der Waals surface area contributed by atoms with Gasteiger partial charge in [-0.3, -0.25) is 0 Å². The molecule has 0 fully saturated rings. The molecule has 0 aliphatic carbocycles. The minimum Gasteiger partial charge on any atom is -0.324 e. The molecule has 0 bridgehead atoms. The van der Waals surface area contributed by atoms with Crippen molar-refractivity contribution in [2.45, 2.75) is 12.5 Å². The lowest BCUT2D eigenvalue weighted by molar-refractivity contribution is 0.619. The number of nitrogens with two attached hydrogens (primary N) is 1. The Morgan fingerprint density at radius 2 is 1.63 bits per heavy atom. The topological polar surface area (TPSA) is 26.0 Å². The SMILES string of the molecule is NC(Cc1ccc(Cl)c(Cl)c1)c1ccc(Cl)c(F)c1. The summed E-state index contributed by atoms with van der Waals surface area (Å²) in [4.78, 5) is 0. The minimum atomic E-state index is -0.469. The van der Waals surface area contributed by atoms with Gasteiger partial charge < -0.3 is 5.73 Å². The van der Waals surface area contributed by atoms with Gasteiger partial charge in [-0.05, 0) is 41.8 Å². The average Bonchev–Trinajstić information content (AvgIpc) is 2.37. The zero-order valence-corrected chi connectivity index (χ0v) is 12.1. The summed E-state index contributed by atoms with van der Waals surface area (Å²) in [5.41, 5.74) is 7.68. The summed E-state index contributed by atoms with van der Waals surface area (Å²) in [6.07, 6.45) is 0.540. The highest BCUT2D eigenvalue weighted by molar-refractivity contribution is 6.42. The van der Waals surface area contributed by atoms with Gasteiger partial charge in [0, 0.05) is 6.04 Å². The Bertz CT molecular complexity index is 601. The molecule has 100 valence electrons. The second-order valence-corrected chi connectivity index (χ2v) is 5.45. The van der Waals surface area contributed by atoms with Gasteiger partial charge in [0.25, 0.3) is 0 Å². The zero-order valence-electron chi connectivity index (χ0n) is 9.84. The molecule has 0 saturated carbocycles. The first kappa shape index (κ1) is 14.6. The second kappa shape index (κ2) is 6.10. The monoisotopic (exact) mass is 317 g/mol. The molecule has 0 spiro atoms. The van der Waals surface area contributed by atoms with Crippen molar-refractivity contribution in [2.24, 2.45) is 5.73 Å². The maximum Gasteiger partial charge on any atom is 0.142 e. The number of halogens is 4. The van der Waals surface area contributed by atoms with Crippen LogP contribution in [-0.4, -0.2) is 0 Å². The normalized spacial score (nSPS) is 12.5. The zero-order chi connectivity index (χ0) is 14.0. The highest BCUT2D eigenvalue weighted by Crippen LogP contribution is 2.26. The maximum atomic E-state index is 13.4. The van der Waals surface area contributed by atoms with E-state index < -0.39 is 5.82 Å². The van der Waals surface area contributed by atoms with Crippen molar-refractivity contribution in [1.29, 1.82) is 0 Å². The van der Waals surface area contributed by atoms with Crippen LogP contribution in [0.3, 0.4) is 0 Å². The van der Waals surface area contributed by atoms with E-state index in [1.807, 2.05) is 6.07 Å². The Hall–Kier alpha value is -0.800. The summed E-state index contributed by atoms with van der Waals surface area (Å²) >= 11 is 17.4. The van der Waals surface area contributed by atoms with Crippen LogP contribution >= 0.6 is 34.8 Å². The Morgan fingerprint density at radius 3 is 2.26 bits per heavy atom. The van der Waals surface area contributed by atoms with Crippen LogP contribution in [0.1, 0.15) is 17.2 Å². The van der Waals surface area contributed by atoms with E-state index in [9.17, 15) is 4.39 Å². The van der Waals surface area contributed by atoms with Crippen LogP contribution in [0.4, 0.5) is 4.39 Å². The summed E-state index contributed by atoms with van der Waals surface area (Å²) in [7, 11) is 0. The van der Waals surface area contributed by atoms with E-state index in [2.05, 4.69) is 0 Å². The third-order valence-electron chi connectivity index (χ3n) is 2.81. The molecule has 2 rings (SSSR count). The number of hydrogen-bond acceptors (Lipinski definition) is 1. The van der Waals surface area contributed by atoms with Crippen LogP contribution < -0.4 is 5.73 Å². The Kier molecular flexibility index (Phi) is 4.69. The van der Waals surface area contributed by atoms with Crippen molar-refractivity contribution in [2.75, 3.05) is 0 Å². The van der Waals surface area contributed by atoms with Crippen molar-refractivity contribution in [3.63, 3.8) is 0 Å². The smallest absolute Gasteiger partial charge is 0.142 e. The molecule has 2 N–H and O–H groups in total. The van der Waals surface area contributed by atoms with Gasteiger partial charge in [0.05, 0.1) is 15.1 Å². The molecular weight excluding hydrogens is 308 g/mol. The molecule has 0 aliphatic rings. The van der Waals surface area contributed by atoms with E-state index >= 15 is 0 Å². The van der Waals surface area contributed by atoms with Gasteiger partial charge >= 0.3 is 0 Å². The van der Waals surface area contributed by atoms with Crippen molar-refractivity contribution < 1.29 is 4.39 Å². The van der Waals surface area contributed by atoms with Crippen molar-refractivity contribution in [3.05, 3.63) is 68.4 Å². The summed E-state index contributed by atoms with van der Waals surface area (Å²) in [6.45, 7) is 0. The fraction of sp³-hybridized carbons (Fsp3) is 0.143. The van der Waals surface area contributed by atoms with Gasteiger partial charge in [-0.25, -0.2) is 4.39 Å². The van der Waals surface area contributed by atoms with Gasteiger partial charge in [-0.2, -0.15) is 0 Å². The highest BCUT2D eigenvalue weighted by atomic mass is 35.5. The Morgan fingerprint density at radius 1 is 0.947 bits per heavy atom. The van der Waals surface area contributed by atoms with Crippen molar-refractivity contribution >= 4 is 34.8 Å². The number of benzene rings is 2. The fourth-order valence-corrected chi connectivity index (χ4v) is 2.22. The largest absolute Gasteiger partial charge is 0.324 e. The van der Waals surface area contributed by atoms with Crippen LogP contribution in [0.2, 0.25) is 15.1 Å². The molecule has 1 atom stereocenters. The van der Waals surface area contributed by atoms with Gasteiger partial charge in [0.1, 0.15) is 5.82 Å². The van der Waals surface area contributed by atoms with Gasteiger partial charge in [0.2, 0.25) is 0 Å². The maximum absolute atomic E-state index is 13.4. The molecule has 0 heterocycles. The first-order valence-electron chi connectivity index (χ1n) is 5.62. The molecular formula is C14H11Cl3FN. The predicted molar refractivity (Wildman–Crippen MR) is 78.5 cm³/mol. The van der Waals surface area contributed by atoms with Gasteiger partial charge in [-0.1, -0.05) is 46.9 Å². The number of rotatable bonds is 3. The highest BCUT2D eigenvalue weighted by Gasteiger charge is 2.10. The molecule has 0 aliphatic heterocycles. The molecule has 0 amide bonds. The predicted octanol–water partition coefficient (Wildman–Crippen LogP) is 5.03. The third-order valence-corrected chi connectivity index (χ3v) is 3.86. The van der Waals surface area contributed by atoms with E-state index in [-0.39, 0.29) is 11.1 Å². The molecule has 5 heteroatoms. The summed E-state index contributed by atoms with van der Waals surface area (Å²) in [5.74, 6) is -0.469. The molecule has 19 heavy (non-hydrogen) atoms. The van der Waals surface area contributed by atoms with E-state index in [0.717, 1.165) is 5.56 Å². The molecule has 0 saturated heterocycles. The quantitative estimate of drug-likeness (QED) is 0.844. The Labute approximate surface area is 126 Å². The lowest BCUT2D eigenvalue weighted by Crippen LogP contribution is -2.13. The van der Waals surface area contributed by atoms with Crippen LogP contribution in [0.25, 0.3) is 0 Å². The minimum absolute atomic E-state index is 0.0884. The van der Waals surface area contributed by atoms with Crippen molar-refractivity contribution in [3.8, 4) is 0 Å². The van der Waals surface area contributed by atoms with Crippen LogP contribution in [0.5, 0.6) is 0 Å². The van der Waals surface area contributed by atoms with E-state index in [1.54, 1.807) is 18.2 Å². The number of hydrogen-bond donors (Lipinski definition) is 1. The fourth-order valence-electron chi connectivity index (χ4n) is 1.78. The lowest BCUT2D eigenvalue weighted by Gasteiger charge is -2.13. The van der Waals surface area contributed by atoms with E-state index in [0.29, 0.717) is 22.0 Å².